The van der Waals surface area contributed by atoms with Crippen LogP contribution in [0, 0.1) is 6.92 Å². The van der Waals surface area contributed by atoms with Crippen molar-refractivity contribution in [3.63, 3.8) is 0 Å². The van der Waals surface area contributed by atoms with Gasteiger partial charge in [0, 0.05) is 20.1 Å². The van der Waals surface area contributed by atoms with E-state index in [9.17, 15) is 14.7 Å². The first-order valence-corrected chi connectivity index (χ1v) is 8.50. The number of likely N-dealkylation sites (N-methyl/N-ethyl adjacent to an activating group) is 1. The van der Waals surface area contributed by atoms with Crippen LogP contribution in [0.4, 0.5) is 0 Å². The zero-order valence-corrected chi connectivity index (χ0v) is 14.7. The Balaban J connectivity index is 2.40. The molecular weight excluding hydrogens is 304 g/mol. The van der Waals surface area contributed by atoms with Gasteiger partial charge in [-0.05, 0) is 18.9 Å². The van der Waals surface area contributed by atoms with Gasteiger partial charge in [-0.1, -0.05) is 49.6 Å². The van der Waals surface area contributed by atoms with Crippen molar-refractivity contribution in [1.82, 2.24) is 9.80 Å². The van der Waals surface area contributed by atoms with Crippen molar-refractivity contribution in [2.24, 2.45) is 0 Å². The first kappa shape index (κ1) is 18.2. The average molecular weight is 330 g/mol. The molecule has 1 aliphatic heterocycles. The van der Waals surface area contributed by atoms with Gasteiger partial charge < -0.3 is 10.0 Å². The summed E-state index contributed by atoms with van der Waals surface area (Å²) in [4.78, 5) is 28.7. The number of amides is 2. The minimum absolute atomic E-state index is 0.0709. The van der Waals surface area contributed by atoms with Crippen molar-refractivity contribution in [1.29, 1.82) is 0 Å². The van der Waals surface area contributed by atoms with Gasteiger partial charge in [0.1, 0.15) is 5.70 Å². The summed E-state index contributed by atoms with van der Waals surface area (Å²) in [5.74, 6) is -0.498. The highest BCUT2D eigenvalue weighted by Gasteiger charge is 2.40. The van der Waals surface area contributed by atoms with Gasteiger partial charge in [-0.25, -0.2) is 0 Å². The van der Waals surface area contributed by atoms with Crippen molar-refractivity contribution in [3.8, 4) is 0 Å². The Hall–Kier alpha value is -2.14. The summed E-state index contributed by atoms with van der Waals surface area (Å²) in [6.07, 6.45) is 2.83. The smallest absolute Gasteiger partial charge is 0.277 e. The molecule has 24 heavy (non-hydrogen) atoms. The fourth-order valence-electron chi connectivity index (χ4n) is 2.88. The molecule has 0 aromatic heterocycles. The molecule has 0 bridgehead atoms. The lowest BCUT2D eigenvalue weighted by Crippen LogP contribution is -2.35. The van der Waals surface area contributed by atoms with Crippen LogP contribution >= 0.6 is 0 Å². The molecule has 5 heteroatoms. The Bertz CT molecular complexity index is 635. The maximum Gasteiger partial charge on any atom is 0.277 e. The van der Waals surface area contributed by atoms with Crippen LogP contribution in [0.1, 0.15) is 37.3 Å². The highest BCUT2D eigenvalue weighted by atomic mass is 16.3. The first-order valence-electron chi connectivity index (χ1n) is 8.50. The van der Waals surface area contributed by atoms with E-state index in [2.05, 4.69) is 6.92 Å². The molecule has 0 spiro atoms. The standard InChI is InChI=1S/C19H26N2O3/c1-4-5-6-11-21-18(23)16(15-9-7-14(2)8-10-15)17(19(21)24)20(3)12-13-22/h7-10,22H,4-6,11-13H2,1-3H3. The Morgan fingerprint density at radius 2 is 1.75 bits per heavy atom. The van der Waals surface area contributed by atoms with Crippen molar-refractivity contribution in [3.05, 3.63) is 41.1 Å². The van der Waals surface area contributed by atoms with E-state index >= 15 is 0 Å². The van der Waals surface area contributed by atoms with Gasteiger partial charge >= 0.3 is 0 Å². The Labute approximate surface area is 143 Å². The molecule has 1 heterocycles. The lowest BCUT2D eigenvalue weighted by Gasteiger charge is -2.20. The number of aliphatic hydroxyl groups excluding tert-OH is 1. The summed E-state index contributed by atoms with van der Waals surface area (Å²) >= 11 is 0. The van der Waals surface area contributed by atoms with Crippen LogP contribution in [0.15, 0.2) is 30.0 Å². The molecule has 1 aromatic carbocycles. The third kappa shape index (κ3) is 3.67. The molecule has 2 rings (SSSR count). The number of unbranched alkanes of at least 4 members (excludes halogenated alkanes) is 2. The zero-order valence-electron chi connectivity index (χ0n) is 14.7. The molecule has 5 nitrogen and oxygen atoms in total. The van der Waals surface area contributed by atoms with E-state index in [1.807, 2.05) is 31.2 Å². The van der Waals surface area contributed by atoms with Gasteiger partial charge in [0.15, 0.2) is 0 Å². The number of nitrogens with zero attached hydrogens (tertiary/aromatic N) is 2. The van der Waals surface area contributed by atoms with Crippen molar-refractivity contribution in [2.45, 2.75) is 33.1 Å². The third-order valence-electron chi connectivity index (χ3n) is 4.29. The predicted octanol–water partition coefficient (Wildman–Crippen LogP) is 2.19. The predicted molar refractivity (Wildman–Crippen MR) is 94.1 cm³/mol. The van der Waals surface area contributed by atoms with Gasteiger partial charge in [0.05, 0.1) is 12.2 Å². The SMILES string of the molecule is CCCCCN1C(=O)C(c2ccc(C)cc2)=C(N(C)CCO)C1=O. The summed E-state index contributed by atoms with van der Waals surface area (Å²) < 4.78 is 0. The van der Waals surface area contributed by atoms with Gasteiger partial charge in [-0.2, -0.15) is 0 Å². The quantitative estimate of drug-likeness (QED) is 0.586. The van der Waals surface area contributed by atoms with Crippen LogP contribution in [-0.4, -0.2) is 53.5 Å². The normalized spacial score (nSPS) is 14.8. The van der Waals surface area contributed by atoms with Gasteiger partial charge in [0.2, 0.25) is 0 Å². The molecule has 0 fully saturated rings. The Kier molecular flexibility index (Phi) is 6.15. The molecule has 0 saturated carbocycles. The van der Waals surface area contributed by atoms with Crippen molar-refractivity contribution >= 4 is 17.4 Å². The number of hydrogen-bond acceptors (Lipinski definition) is 4. The van der Waals surface area contributed by atoms with Crippen LogP contribution in [0.2, 0.25) is 0 Å². The van der Waals surface area contributed by atoms with E-state index in [0.29, 0.717) is 24.4 Å². The second-order valence-electron chi connectivity index (χ2n) is 6.20. The van der Waals surface area contributed by atoms with Crippen LogP contribution in [0.5, 0.6) is 0 Å². The molecule has 1 aromatic rings. The number of rotatable bonds is 8. The molecule has 0 atom stereocenters. The second-order valence-corrected chi connectivity index (χ2v) is 6.20. The number of aryl methyl sites for hydroxylation is 1. The van der Waals surface area contributed by atoms with Crippen LogP contribution in [-0.2, 0) is 9.59 Å². The summed E-state index contributed by atoms with van der Waals surface area (Å²) in [5, 5.41) is 9.21. The monoisotopic (exact) mass is 330 g/mol. The van der Waals surface area contributed by atoms with Crippen LogP contribution in [0.3, 0.4) is 0 Å². The van der Waals surface area contributed by atoms with Crippen molar-refractivity contribution < 1.29 is 14.7 Å². The largest absolute Gasteiger partial charge is 0.395 e. The van der Waals surface area contributed by atoms with Gasteiger partial charge in [0.25, 0.3) is 11.8 Å². The lowest BCUT2D eigenvalue weighted by molar-refractivity contribution is -0.137. The number of hydrogen-bond donors (Lipinski definition) is 1. The van der Waals surface area contributed by atoms with Gasteiger partial charge in [-0.3, -0.25) is 14.5 Å². The second kappa shape index (κ2) is 8.11. The highest BCUT2D eigenvalue weighted by molar-refractivity contribution is 6.35. The molecule has 2 amide bonds. The average Bonchev–Trinajstić information content (AvgIpc) is 2.80. The Morgan fingerprint density at radius 3 is 2.33 bits per heavy atom. The molecule has 1 N–H and O–H groups in total. The van der Waals surface area contributed by atoms with E-state index in [0.717, 1.165) is 30.4 Å². The minimum Gasteiger partial charge on any atom is -0.395 e. The number of carbonyl (C=O) groups is 2. The summed E-state index contributed by atoms with van der Waals surface area (Å²) in [7, 11) is 1.74. The fraction of sp³-hybridized carbons (Fsp3) is 0.474. The molecular formula is C19H26N2O3. The van der Waals surface area contributed by atoms with Gasteiger partial charge in [-0.15, -0.1) is 0 Å². The first-order chi connectivity index (χ1) is 11.5. The molecule has 0 radical (unpaired) electrons. The van der Waals surface area contributed by atoms with E-state index in [4.69, 9.17) is 0 Å². The van der Waals surface area contributed by atoms with Crippen molar-refractivity contribution in [2.75, 3.05) is 26.7 Å². The highest BCUT2D eigenvalue weighted by Crippen LogP contribution is 2.31. The summed E-state index contributed by atoms with van der Waals surface area (Å²) in [6, 6.07) is 7.61. The maximum atomic E-state index is 12.9. The van der Waals surface area contributed by atoms with Crippen LogP contribution in [0.25, 0.3) is 5.57 Å². The fourth-order valence-corrected chi connectivity index (χ4v) is 2.88. The van der Waals surface area contributed by atoms with E-state index < -0.39 is 0 Å². The van der Waals surface area contributed by atoms with E-state index in [1.54, 1.807) is 11.9 Å². The van der Waals surface area contributed by atoms with Crippen LogP contribution < -0.4 is 0 Å². The third-order valence-corrected chi connectivity index (χ3v) is 4.29. The van der Waals surface area contributed by atoms with E-state index in [-0.39, 0.29) is 18.4 Å². The zero-order chi connectivity index (χ0) is 17.7. The minimum atomic E-state index is -0.261. The molecule has 1 aliphatic rings. The lowest BCUT2D eigenvalue weighted by atomic mass is 10.0. The molecule has 130 valence electrons. The number of carbonyl (C=O) groups excluding carboxylic acids is 2. The summed E-state index contributed by atoms with van der Waals surface area (Å²) in [5.41, 5.74) is 2.67. The summed E-state index contributed by atoms with van der Waals surface area (Å²) in [6.45, 7) is 4.75. The molecule has 0 unspecified atom stereocenters. The number of imide groups is 1. The topological polar surface area (TPSA) is 60.9 Å². The number of benzene rings is 1. The number of aliphatic hydroxyl groups is 1. The molecule has 0 saturated heterocycles. The van der Waals surface area contributed by atoms with E-state index in [1.165, 1.54) is 4.90 Å². The molecule has 0 aliphatic carbocycles. The Morgan fingerprint density at radius 1 is 1.08 bits per heavy atom. The maximum absolute atomic E-state index is 12.9.